The number of nitro groups is 1. The second-order valence-corrected chi connectivity index (χ2v) is 5.55. The van der Waals surface area contributed by atoms with Gasteiger partial charge in [-0.3, -0.25) is 4.79 Å². The lowest BCUT2D eigenvalue weighted by molar-refractivity contribution is -0.390. The summed E-state index contributed by atoms with van der Waals surface area (Å²) >= 11 is 3.11. The molecule has 0 radical (unpaired) electrons. The minimum absolute atomic E-state index is 0.0523. The molecule has 1 heterocycles. The van der Waals surface area contributed by atoms with Crippen LogP contribution in [0.15, 0.2) is 4.47 Å². The first-order valence-electron chi connectivity index (χ1n) is 6.58. The van der Waals surface area contributed by atoms with Gasteiger partial charge < -0.3 is 20.2 Å². The molecular weight excluding hydrogens is 344 g/mol. The molecule has 0 aliphatic heterocycles. The Balaban J connectivity index is 2.45. The van der Waals surface area contributed by atoms with Crippen LogP contribution in [0.3, 0.4) is 0 Å². The molecule has 0 aromatic carbocycles. The van der Waals surface area contributed by atoms with Crippen LogP contribution in [-0.2, 0) is 16.1 Å². The summed E-state index contributed by atoms with van der Waals surface area (Å²) in [7, 11) is 0. The fraction of sp³-hybridized carbons (Fsp3) is 0.667. The summed E-state index contributed by atoms with van der Waals surface area (Å²) in [4.78, 5) is 21.9. The predicted octanol–water partition coefficient (Wildman–Crippen LogP) is 1.79. The molecule has 1 aromatic rings. The first-order chi connectivity index (χ1) is 9.82. The van der Waals surface area contributed by atoms with Gasteiger partial charge in [0.1, 0.15) is 11.0 Å². The topological polar surface area (TPSA) is 99.3 Å². The lowest BCUT2D eigenvalue weighted by Crippen LogP contribution is -2.29. The van der Waals surface area contributed by atoms with Crippen molar-refractivity contribution in [3.63, 3.8) is 0 Å². The van der Waals surface area contributed by atoms with Crippen LogP contribution in [0.2, 0.25) is 0 Å². The molecule has 21 heavy (non-hydrogen) atoms. The summed E-state index contributed by atoms with van der Waals surface area (Å²) in [6, 6.07) is 0. The first kappa shape index (κ1) is 17.6. The Kier molecular flexibility index (Phi) is 6.76. The highest BCUT2D eigenvalue weighted by molar-refractivity contribution is 9.10. The van der Waals surface area contributed by atoms with E-state index in [9.17, 15) is 14.9 Å². The highest BCUT2D eigenvalue weighted by atomic mass is 79.9. The molecule has 0 aliphatic rings. The zero-order valence-corrected chi connectivity index (χ0v) is 13.8. The number of ether oxygens (including phenoxy) is 1. The van der Waals surface area contributed by atoms with Gasteiger partial charge in [0.25, 0.3) is 0 Å². The van der Waals surface area contributed by atoms with E-state index in [1.807, 2.05) is 13.8 Å². The minimum atomic E-state index is -0.589. The van der Waals surface area contributed by atoms with Crippen molar-refractivity contribution < 1.29 is 14.5 Å². The Morgan fingerprint density at radius 3 is 2.76 bits per heavy atom. The summed E-state index contributed by atoms with van der Waals surface area (Å²) in [6.07, 6.45) is 0.886. The Hall–Kier alpha value is -1.48. The van der Waals surface area contributed by atoms with Crippen molar-refractivity contribution in [1.82, 2.24) is 15.1 Å². The Morgan fingerprint density at radius 1 is 1.57 bits per heavy atom. The maximum atomic E-state index is 11.8. The van der Waals surface area contributed by atoms with E-state index in [-0.39, 0.29) is 24.4 Å². The second kappa shape index (κ2) is 8.08. The van der Waals surface area contributed by atoms with Crippen LogP contribution in [0.4, 0.5) is 5.82 Å². The summed E-state index contributed by atoms with van der Waals surface area (Å²) < 4.78 is 6.96. The zero-order chi connectivity index (χ0) is 16.0. The van der Waals surface area contributed by atoms with Crippen LogP contribution in [0, 0.1) is 17.0 Å². The molecule has 0 spiro atoms. The van der Waals surface area contributed by atoms with Gasteiger partial charge >= 0.3 is 5.82 Å². The summed E-state index contributed by atoms with van der Waals surface area (Å²) in [6.45, 7) is 6.58. The van der Waals surface area contributed by atoms with Crippen LogP contribution in [-0.4, -0.2) is 39.9 Å². The predicted molar refractivity (Wildman–Crippen MR) is 80.0 cm³/mol. The number of hydrogen-bond acceptors (Lipinski definition) is 5. The van der Waals surface area contributed by atoms with E-state index in [1.165, 1.54) is 4.68 Å². The van der Waals surface area contributed by atoms with Gasteiger partial charge in [0, 0.05) is 13.2 Å². The molecule has 0 saturated carbocycles. The fourth-order valence-electron chi connectivity index (χ4n) is 1.59. The first-order valence-corrected chi connectivity index (χ1v) is 7.37. The van der Waals surface area contributed by atoms with E-state index in [0.29, 0.717) is 29.7 Å². The standard InChI is InChI=1S/C12H19BrN4O4/c1-8(2)21-6-4-5-14-10(18)7-16-9(3)11(13)12(15-16)17(19)20/h8H,4-7H2,1-3H3,(H,14,18). The van der Waals surface area contributed by atoms with Crippen LogP contribution < -0.4 is 5.32 Å². The molecule has 0 atom stereocenters. The number of rotatable bonds is 8. The molecule has 1 amide bonds. The Labute approximate surface area is 131 Å². The molecular formula is C12H19BrN4O4. The number of carbonyl (C=O) groups excluding carboxylic acids is 1. The largest absolute Gasteiger partial charge is 0.404 e. The van der Waals surface area contributed by atoms with Crippen LogP contribution in [0.5, 0.6) is 0 Å². The minimum Gasteiger partial charge on any atom is -0.379 e. The lowest BCUT2D eigenvalue weighted by Gasteiger charge is -2.08. The number of halogens is 1. The van der Waals surface area contributed by atoms with Crippen LogP contribution in [0.25, 0.3) is 0 Å². The third kappa shape index (κ3) is 5.43. The Morgan fingerprint density at radius 2 is 2.24 bits per heavy atom. The molecule has 0 bridgehead atoms. The molecule has 1 rings (SSSR count). The molecule has 8 nitrogen and oxygen atoms in total. The van der Waals surface area contributed by atoms with Crippen molar-refractivity contribution in [3.8, 4) is 0 Å². The van der Waals surface area contributed by atoms with Gasteiger partial charge in [-0.2, -0.15) is 4.68 Å². The van der Waals surface area contributed by atoms with Crippen molar-refractivity contribution in [2.24, 2.45) is 0 Å². The summed E-state index contributed by atoms with van der Waals surface area (Å²) in [5, 5.41) is 17.3. The van der Waals surface area contributed by atoms with Gasteiger partial charge in [-0.15, -0.1) is 0 Å². The van der Waals surface area contributed by atoms with Crippen molar-refractivity contribution >= 4 is 27.7 Å². The number of aromatic nitrogens is 2. The normalized spacial score (nSPS) is 10.9. The quantitative estimate of drug-likeness (QED) is 0.431. The van der Waals surface area contributed by atoms with Crippen molar-refractivity contribution in [3.05, 3.63) is 20.3 Å². The average Bonchev–Trinajstić information content (AvgIpc) is 2.66. The van der Waals surface area contributed by atoms with Gasteiger partial charge in [0.05, 0.1) is 16.9 Å². The number of carbonyl (C=O) groups is 1. The van der Waals surface area contributed by atoms with Crippen molar-refractivity contribution in [1.29, 1.82) is 0 Å². The third-order valence-electron chi connectivity index (χ3n) is 2.68. The number of nitrogens with zero attached hydrogens (tertiary/aromatic N) is 3. The number of amides is 1. The fourth-order valence-corrected chi connectivity index (χ4v) is 2.02. The summed E-state index contributed by atoms with van der Waals surface area (Å²) in [5.41, 5.74) is 0.542. The SMILES string of the molecule is Cc1c(Br)c([N+](=O)[O-])nn1CC(=O)NCCCOC(C)C. The van der Waals surface area contributed by atoms with Crippen molar-refractivity contribution in [2.75, 3.05) is 13.2 Å². The molecule has 118 valence electrons. The van der Waals surface area contributed by atoms with Gasteiger partial charge in [0.15, 0.2) is 0 Å². The highest BCUT2D eigenvalue weighted by Crippen LogP contribution is 2.26. The summed E-state index contributed by atoms with van der Waals surface area (Å²) in [5.74, 6) is -0.529. The molecule has 0 saturated heterocycles. The van der Waals surface area contributed by atoms with E-state index >= 15 is 0 Å². The van der Waals surface area contributed by atoms with E-state index in [2.05, 4.69) is 26.3 Å². The smallest absolute Gasteiger partial charge is 0.379 e. The van der Waals surface area contributed by atoms with Crippen LogP contribution in [0.1, 0.15) is 26.0 Å². The van der Waals surface area contributed by atoms with Gasteiger partial charge in [-0.25, -0.2) is 0 Å². The highest BCUT2D eigenvalue weighted by Gasteiger charge is 2.24. The van der Waals surface area contributed by atoms with Crippen LogP contribution >= 0.6 is 15.9 Å². The molecule has 9 heteroatoms. The number of hydrogen-bond donors (Lipinski definition) is 1. The maximum absolute atomic E-state index is 11.8. The maximum Gasteiger partial charge on any atom is 0.404 e. The molecule has 0 aliphatic carbocycles. The third-order valence-corrected chi connectivity index (χ3v) is 3.61. The molecule has 0 unspecified atom stereocenters. The zero-order valence-electron chi connectivity index (χ0n) is 12.3. The van der Waals surface area contributed by atoms with Gasteiger partial charge in [0.2, 0.25) is 5.91 Å². The van der Waals surface area contributed by atoms with Gasteiger partial charge in [-0.05, 0) is 48.0 Å². The van der Waals surface area contributed by atoms with E-state index in [1.54, 1.807) is 6.92 Å². The monoisotopic (exact) mass is 362 g/mol. The van der Waals surface area contributed by atoms with Crippen molar-refractivity contribution in [2.45, 2.75) is 39.8 Å². The Bertz CT molecular complexity index is 516. The molecule has 1 aromatic heterocycles. The molecule has 0 fully saturated rings. The lowest BCUT2D eigenvalue weighted by atomic mass is 10.4. The van der Waals surface area contributed by atoms with E-state index in [4.69, 9.17) is 4.74 Å². The molecule has 1 N–H and O–H groups in total. The van der Waals surface area contributed by atoms with E-state index in [0.717, 1.165) is 0 Å². The van der Waals surface area contributed by atoms with E-state index < -0.39 is 4.92 Å². The average molecular weight is 363 g/mol. The van der Waals surface area contributed by atoms with Gasteiger partial charge in [-0.1, -0.05) is 0 Å². The number of nitrogens with one attached hydrogen (secondary N) is 1. The second-order valence-electron chi connectivity index (χ2n) is 4.76.